The Morgan fingerprint density at radius 3 is 2.69 bits per heavy atom. The van der Waals surface area contributed by atoms with Gasteiger partial charge in [-0.15, -0.1) is 0 Å². The lowest BCUT2D eigenvalue weighted by Gasteiger charge is -2.13. The summed E-state index contributed by atoms with van der Waals surface area (Å²) < 4.78 is 0. The second-order valence-electron chi connectivity index (χ2n) is 3.96. The van der Waals surface area contributed by atoms with E-state index in [1.165, 1.54) is 12.0 Å². The Morgan fingerprint density at radius 2 is 1.92 bits per heavy atom. The fourth-order valence-electron chi connectivity index (χ4n) is 2.34. The summed E-state index contributed by atoms with van der Waals surface area (Å²) >= 11 is 0. The topological polar surface area (TPSA) is 0 Å². The first kappa shape index (κ1) is 7.14. The van der Waals surface area contributed by atoms with Gasteiger partial charge in [-0.3, -0.25) is 0 Å². The fraction of sp³-hybridized carbons (Fsp3) is 0.231. The summed E-state index contributed by atoms with van der Waals surface area (Å²) in [6.07, 6.45) is 10.3. The summed E-state index contributed by atoms with van der Waals surface area (Å²) in [5.74, 6) is 0.764. The molecule has 2 aliphatic rings. The molecule has 3 rings (SSSR count). The largest absolute Gasteiger partial charge is 0.0802 e. The molecule has 2 unspecified atom stereocenters. The van der Waals surface area contributed by atoms with E-state index in [0.29, 0.717) is 5.41 Å². The molecular weight excluding hydrogens is 156 g/mol. The SMILES string of the molecule is C1=CC2CC2(c2ccccc2)C=C1. The van der Waals surface area contributed by atoms with Crippen molar-refractivity contribution in [2.24, 2.45) is 5.92 Å². The van der Waals surface area contributed by atoms with Gasteiger partial charge in [0.2, 0.25) is 0 Å². The third kappa shape index (κ3) is 0.918. The summed E-state index contributed by atoms with van der Waals surface area (Å²) in [4.78, 5) is 0. The van der Waals surface area contributed by atoms with E-state index in [-0.39, 0.29) is 0 Å². The van der Waals surface area contributed by atoms with Gasteiger partial charge >= 0.3 is 0 Å². The van der Waals surface area contributed by atoms with E-state index in [1.807, 2.05) is 0 Å². The van der Waals surface area contributed by atoms with Crippen molar-refractivity contribution >= 4 is 0 Å². The van der Waals surface area contributed by atoms with Crippen LogP contribution < -0.4 is 0 Å². The Kier molecular flexibility index (Phi) is 1.29. The van der Waals surface area contributed by atoms with Gasteiger partial charge in [0.1, 0.15) is 0 Å². The van der Waals surface area contributed by atoms with Crippen LogP contribution in [0, 0.1) is 5.92 Å². The molecule has 2 aliphatic carbocycles. The van der Waals surface area contributed by atoms with E-state index in [2.05, 4.69) is 54.6 Å². The van der Waals surface area contributed by atoms with Crippen LogP contribution in [-0.4, -0.2) is 0 Å². The van der Waals surface area contributed by atoms with Crippen molar-refractivity contribution in [2.45, 2.75) is 11.8 Å². The molecule has 0 spiro atoms. The molecule has 0 bridgehead atoms. The smallest absolute Gasteiger partial charge is 0.0204 e. The van der Waals surface area contributed by atoms with Crippen LogP contribution in [0.15, 0.2) is 54.6 Å². The van der Waals surface area contributed by atoms with Crippen molar-refractivity contribution in [3.05, 3.63) is 60.2 Å². The summed E-state index contributed by atoms with van der Waals surface area (Å²) in [6, 6.07) is 10.8. The second kappa shape index (κ2) is 2.35. The van der Waals surface area contributed by atoms with Crippen molar-refractivity contribution in [1.82, 2.24) is 0 Å². The van der Waals surface area contributed by atoms with Crippen LogP contribution in [-0.2, 0) is 5.41 Å². The molecule has 0 aliphatic heterocycles. The van der Waals surface area contributed by atoms with Crippen molar-refractivity contribution in [2.75, 3.05) is 0 Å². The lowest BCUT2D eigenvalue weighted by molar-refractivity contribution is 0.817. The quantitative estimate of drug-likeness (QED) is 0.604. The minimum atomic E-state index is 0.371. The Balaban J connectivity index is 2.04. The maximum atomic E-state index is 2.35. The maximum Gasteiger partial charge on any atom is 0.0204 e. The minimum absolute atomic E-state index is 0.371. The third-order valence-corrected chi connectivity index (χ3v) is 3.22. The van der Waals surface area contributed by atoms with Gasteiger partial charge in [0.05, 0.1) is 0 Å². The molecule has 0 heteroatoms. The highest BCUT2D eigenvalue weighted by Crippen LogP contribution is 2.57. The van der Waals surface area contributed by atoms with Crippen molar-refractivity contribution < 1.29 is 0 Å². The summed E-state index contributed by atoms with van der Waals surface area (Å²) in [7, 11) is 0. The van der Waals surface area contributed by atoms with Gasteiger partial charge in [0, 0.05) is 5.41 Å². The van der Waals surface area contributed by atoms with Crippen LogP contribution in [0.1, 0.15) is 12.0 Å². The predicted octanol–water partition coefficient (Wildman–Crippen LogP) is 3.07. The summed E-state index contributed by atoms with van der Waals surface area (Å²) in [5.41, 5.74) is 1.84. The van der Waals surface area contributed by atoms with E-state index in [4.69, 9.17) is 0 Å². The standard InChI is InChI=1S/C13H12/c1-2-6-11(7-3-1)13-9-5-4-8-12(13)10-13/h1-9,12H,10H2. The third-order valence-electron chi connectivity index (χ3n) is 3.22. The Hall–Kier alpha value is -1.30. The predicted molar refractivity (Wildman–Crippen MR) is 54.5 cm³/mol. The van der Waals surface area contributed by atoms with Gasteiger partial charge in [-0.2, -0.15) is 0 Å². The van der Waals surface area contributed by atoms with Crippen LogP contribution in [0.5, 0.6) is 0 Å². The first-order chi connectivity index (χ1) is 6.42. The van der Waals surface area contributed by atoms with Crippen LogP contribution in [0.25, 0.3) is 0 Å². The molecule has 0 amide bonds. The van der Waals surface area contributed by atoms with Gasteiger partial charge in [0.15, 0.2) is 0 Å². The molecule has 0 radical (unpaired) electrons. The van der Waals surface area contributed by atoms with Crippen LogP contribution in [0.4, 0.5) is 0 Å². The zero-order valence-corrected chi connectivity index (χ0v) is 7.48. The van der Waals surface area contributed by atoms with E-state index in [0.717, 1.165) is 5.92 Å². The number of hydrogen-bond donors (Lipinski definition) is 0. The number of rotatable bonds is 1. The highest BCUT2D eigenvalue weighted by Gasteiger charge is 2.52. The highest BCUT2D eigenvalue weighted by atomic mass is 14.5. The first-order valence-electron chi connectivity index (χ1n) is 4.83. The van der Waals surface area contributed by atoms with Gasteiger partial charge in [-0.1, -0.05) is 54.6 Å². The van der Waals surface area contributed by atoms with Crippen molar-refractivity contribution in [1.29, 1.82) is 0 Å². The lowest BCUT2D eigenvalue weighted by atomic mass is 9.91. The number of fused-ring (bicyclic) bond motifs is 1. The van der Waals surface area contributed by atoms with E-state index < -0.39 is 0 Å². The van der Waals surface area contributed by atoms with Gasteiger partial charge in [-0.25, -0.2) is 0 Å². The highest BCUT2D eigenvalue weighted by molar-refractivity contribution is 5.45. The van der Waals surface area contributed by atoms with E-state index in [1.54, 1.807) is 0 Å². The maximum absolute atomic E-state index is 2.35. The average Bonchev–Trinajstić information content (AvgIpc) is 2.94. The second-order valence-corrected chi connectivity index (χ2v) is 3.96. The Bertz CT molecular complexity index is 372. The molecule has 0 saturated heterocycles. The van der Waals surface area contributed by atoms with Crippen LogP contribution in [0.2, 0.25) is 0 Å². The zero-order chi connectivity index (χ0) is 8.73. The summed E-state index contributed by atoms with van der Waals surface area (Å²) in [5, 5.41) is 0. The molecule has 1 aromatic rings. The molecular formula is C13H12. The van der Waals surface area contributed by atoms with E-state index in [9.17, 15) is 0 Å². The number of benzene rings is 1. The van der Waals surface area contributed by atoms with Crippen LogP contribution in [0.3, 0.4) is 0 Å². The Morgan fingerprint density at radius 1 is 1.08 bits per heavy atom. The monoisotopic (exact) mass is 168 g/mol. The minimum Gasteiger partial charge on any atom is -0.0802 e. The van der Waals surface area contributed by atoms with Gasteiger partial charge in [0.25, 0.3) is 0 Å². The average molecular weight is 168 g/mol. The molecule has 64 valence electrons. The molecule has 0 nitrogen and oxygen atoms in total. The van der Waals surface area contributed by atoms with Crippen molar-refractivity contribution in [3.8, 4) is 0 Å². The molecule has 0 heterocycles. The number of hydrogen-bond acceptors (Lipinski definition) is 0. The molecule has 13 heavy (non-hydrogen) atoms. The van der Waals surface area contributed by atoms with Gasteiger partial charge in [-0.05, 0) is 17.9 Å². The van der Waals surface area contributed by atoms with E-state index >= 15 is 0 Å². The lowest BCUT2D eigenvalue weighted by Crippen LogP contribution is -2.06. The molecule has 1 saturated carbocycles. The fourth-order valence-corrected chi connectivity index (χ4v) is 2.34. The summed E-state index contributed by atoms with van der Waals surface area (Å²) in [6.45, 7) is 0. The zero-order valence-electron chi connectivity index (χ0n) is 7.48. The normalized spacial score (nSPS) is 34.3. The molecule has 1 fully saturated rings. The Labute approximate surface area is 78.6 Å². The molecule has 2 atom stereocenters. The number of allylic oxidation sites excluding steroid dienone is 4. The first-order valence-corrected chi connectivity index (χ1v) is 4.83. The van der Waals surface area contributed by atoms with Crippen molar-refractivity contribution in [3.63, 3.8) is 0 Å². The van der Waals surface area contributed by atoms with Crippen LogP contribution >= 0.6 is 0 Å². The molecule has 0 N–H and O–H groups in total. The van der Waals surface area contributed by atoms with Gasteiger partial charge < -0.3 is 0 Å². The molecule has 0 aromatic heterocycles. The molecule has 1 aromatic carbocycles.